The molecule has 2 N–H and O–H groups in total. The Morgan fingerprint density at radius 2 is 1.62 bits per heavy atom. The summed E-state index contributed by atoms with van der Waals surface area (Å²) in [7, 11) is 0. The van der Waals surface area contributed by atoms with Crippen LogP contribution in [0.25, 0.3) is 0 Å². The van der Waals surface area contributed by atoms with Crippen molar-refractivity contribution in [3.63, 3.8) is 0 Å². The van der Waals surface area contributed by atoms with E-state index in [0.29, 0.717) is 49.1 Å². The zero-order chi connectivity index (χ0) is 38.0. The van der Waals surface area contributed by atoms with E-state index in [1.54, 1.807) is 4.90 Å². The standard InChI is InChI=1S/C48H52N4O4/c1-31-7-18-43(46(54)49-31)52-29-41-40(47(52)55)16-17-42-45(41)56-30-48(42)21-25-50(26-22-48)28-32-19-23-51(24-20-32)36-11-8-34(9-12-36)44-38(33-5-3-2-4-6-33)14-10-35-27-37(53)13-15-39(35)44/h2-6,8-9,11-13,15-17,27,32,38,43-44,53H,1,7,10,14,18-26,28-30H2,(H,49,54)/t38-,43+,44+/m1/s1. The Kier molecular flexibility index (Phi) is 8.92. The zero-order valence-corrected chi connectivity index (χ0v) is 32.2. The first-order valence-corrected chi connectivity index (χ1v) is 20.9. The van der Waals surface area contributed by atoms with Crippen LogP contribution in [0.4, 0.5) is 5.69 Å². The number of fused-ring (bicyclic) bond motifs is 5. The molecule has 10 rings (SSSR count). The number of ether oxygens (including phenoxy) is 1. The van der Waals surface area contributed by atoms with Crippen molar-refractivity contribution in [1.82, 2.24) is 15.1 Å². The number of aryl methyl sites for hydroxylation is 1. The molecule has 2 amide bonds. The lowest BCUT2D eigenvalue weighted by atomic mass is 9.69. The van der Waals surface area contributed by atoms with Gasteiger partial charge in [-0.3, -0.25) is 9.59 Å². The third-order valence-corrected chi connectivity index (χ3v) is 14.2. The Labute approximate surface area is 330 Å². The van der Waals surface area contributed by atoms with Gasteiger partial charge in [0.15, 0.2) is 0 Å². The summed E-state index contributed by atoms with van der Waals surface area (Å²) in [5, 5.41) is 13.1. The number of rotatable bonds is 6. The van der Waals surface area contributed by atoms with Gasteiger partial charge < -0.3 is 29.9 Å². The number of allylic oxidation sites excluding steroid dienone is 1. The summed E-state index contributed by atoms with van der Waals surface area (Å²) in [6.07, 6.45) is 7.89. The summed E-state index contributed by atoms with van der Waals surface area (Å²) >= 11 is 0. The van der Waals surface area contributed by atoms with E-state index in [-0.39, 0.29) is 23.1 Å². The molecule has 288 valence electrons. The van der Waals surface area contributed by atoms with Crippen LogP contribution in [0.2, 0.25) is 0 Å². The lowest BCUT2D eigenvalue weighted by Crippen LogP contribution is -2.49. The van der Waals surface area contributed by atoms with E-state index < -0.39 is 6.04 Å². The number of benzene rings is 4. The summed E-state index contributed by atoms with van der Waals surface area (Å²) in [6, 6.07) is 30.0. The largest absolute Gasteiger partial charge is 0.508 e. The quantitative estimate of drug-likeness (QED) is 0.211. The zero-order valence-electron chi connectivity index (χ0n) is 32.2. The highest BCUT2D eigenvalue weighted by Crippen LogP contribution is 2.50. The Bertz CT molecular complexity index is 2170. The highest BCUT2D eigenvalue weighted by Gasteiger charge is 2.47. The van der Waals surface area contributed by atoms with Crippen molar-refractivity contribution in [2.75, 3.05) is 44.2 Å². The van der Waals surface area contributed by atoms with Gasteiger partial charge in [-0.2, -0.15) is 0 Å². The number of likely N-dealkylation sites (tertiary alicyclic amines) is 1. The maximum atomic E-state index is 13.5. The second-order valence-corrected chi connectivity index (χ2v) is 17.4. The molecule has 56 heavy (non-hydrogen) atoms. The van der Waals surface area contributed by atoms with Crippen LogP contribution in [-0.2, 0) is 23.2 Å². The molecule has 0 aromatic heterocycles. The molecule has 4 aromatic rings. The molecular formula is C48H52N4O4. The van der Waals surface area contributed by atoms with Crippen molar-refractivity contribution in [2.24, 2.45) is 5.92 Å². The molecule has 8 heteroatoms. The van der Waals surface area contributed by atoms with Crippen molar-refractivity contribution in [2.45, 2.75) is 81.2 Å². The van der Waals surface area contributed by atoms with Crippen molar-refractivity contribution in [3.05, 3.63) is 136 Å². The predicted octanol–water partition coefficient (Wildman–Crippen LogP) is 7.64. The Hall–Kier alpha value is -5.08. The summed E-state index contributed by atoms with van der Waals surface area (Å²) < 4.78 is 6.46. The Balaban J connectivity index is 0.755. The molecule has 3 atom stereocenters. The molecule has 5 aliphatic heterocycles. The van der Waals surface area contributed by atoms with E-state index in [0.717, 1.165) is 75.4 Å². The van der Waals surface area contributed by atoms with Crippen LogP contribution in [0.5, 0.6) is 11.5 Å². The number of piperidine rings is 3. The van der Waals surface area contributed by atoms with Crippen LogP contribution in [0, 0.1) is 5.92 Å². The number of hydrogen-bond donors (Lipinski definition) is 2. The number of carbonyl (C=O) groups is 2. The number of phenolic OH excluding ortho intramolecular Hbond substituents is 1. The van der Waals surface area contributed by atoms with Gasteiger partial charge in [0.25, 0.3) is 5.91 Å². The summed E-state index contributed by atoms with van der Waals surface area (Å²) in [5.41, 5.74) is 10.3. The molecule has 6 aliphatic rings. The minimum absolute atomic E-state index is 0.00456. The van der Waals surface area contributed by atoms with Gasteiger partial charge in [-0.1, -0.05) is 61.2 Å². The van der Waals surface area contributed by atoms with Crippen LogP contribution < -0.4 is 15.0 Å². The van der Waals surface area contributed by atoms with E-state index in [1.165, 1.54) is 46.3 Å². The lowest BCUT2D eigenvalue weighted by molar-refractivity contribution is -0.126. The van der Waals surface area contributed by atoms with E-state index in [2.05, 4.69) is 88.4 Å². The average Bonchev–Trinajstić information content (AvgIpc) is 3.76. The number of hydrogen-bond acceptors (Lipinski definition) is 6. The minimum Gasteiger partial charge on any atom is -0.508 e. The summed E-state index contributed by atoms with van der Waals surface area (Å²) in [5.74, 6) is 2.42. The molecule has 1 aliphatic carbocycles. The van der Waals surface area contributed by atoms with E-state index in [1.807, 2.05) is 18.2 Å². The fourth-order valence-electron chi connectivity index (χ4n) is 11.1. The van der Waals surface area contributed by atoms with Crippen LogP contribution in [-0.4, -0.2) is 72.1 Å². The van der Waals surface area contributed by atoms with Gasteiger partial charge in [-0.15, -0.1) is 0 Å². The molecule has 0 bridgehead atoms. The van der Waals surface area contributed by atoms with E-state index >= 15 is 0 Å². The van der Waals surface area contributed by atoms with Crippen molar-refractivity contribution in [1.29, 1.82) is 0 Å². The van der Waals surface area contributed by atoms with E-state index in [9.17, 15) is 14.7 Å². The molecule has 5 heterocycles. The van der Waals surface area contributed by atoms with Gasteiger partial charge >= 0.3 is 0 Å². The van der Waals surface area contributed by atoms with Gasteiger partial charge in [-0.25, -0.2) is 0 Å². The molecule has 3 fully saturated rings. The van der Waals surface area contributed by atoms with Crippen LogP contribution in [0.1, 0.15) is 101 Å². The topological polar surface area (TPSA) is 85.4 Å². The Morgan fingerprint density at radius 1 is 0.839 bits per heavy atom. The number of phenols is 1. The van der Waals surface area contributed by atoms with Crippen molar-refractivity contribution >= 4 is 17.5 Å². The number of nitrogens with one attached hydrogen (secondary N) is 1. The smallest absolute Gasteiger partial charge is 0.255 e. The van der Waals surface area contributed by atoms with Crippen molar-refractivity contribution < 1.29 is 19.4 Å². The predicted molar refractivity (Wildman–Crippen MR) is 218 cm³/mol. The van der Waals surface area contributed by atoms with Gasteiger partial charge in [-0.05, 0) is 129 Å². The van der Waals surface area contributed by atoms with Crippen molar-refractivity contribution in [3.8, 4) is 11.5 Å². The maximum absolute atomic E-state index is 13.5. The molecular weight excluding hydrogens is 697 g/mol. The molecule has 0 radical (unpaired) electrons. The molecule has 4 aromatic carbocycles. The SMILES string of the molecule is C=C1CC[C@H](N2Cc3c(ccc4c3OCC43CCN(CC4CCN(c5ccc([C@@H]6c7ccc(O)cc7CC[C@@H]6c6ccccc6)cc5)CC4)CC3)C2=O)C(=O)N1. The number of anilines is 1. The van der Waals surface area contributed by atoms with Crippen LogP contribution in [0.3, 0.4) is 0 Å². The normalized spacial score (nSPS) is 24.8. The minimum atomic E-state index is -0.460. The van der Waals surface area contributed by atoms with Gasteiger partial charge in [0, 0.05) is 59.0 Å². The summed E-state index contributed by atoms with van der Waals surface area (Å²) in [6.45, 7) is 10.4. The first kappa shape index (κ1) is 35.3. The first-order chi connectivity index (χ1) is 27.3. The second kappa shape index (κ2) is 14.1. The van der Waals surface area contributed by atoms with E-state index in [4.69, 9.17) is 4.74 Å². The van der Waals surface area contributed by atoms with Crippen LogP contribution >= 0.6 is 0 Å². The second-order valence-electron chi connectivity index (χ2n) is 17.4. The number of carbonyl (C=O) groups excluding carboxylic acids is 2. The van der Waals surface area contributed by atoms with Crippen LogP contribution in [0.15, 0.2) is 97.2 Å². The van der Waals surface area contributed by atoms with Gasteiger partial charge in [0.1, 0.15) is 17.5 Å². The fourth-order valence-corrected chi connectivity index (χ4v) is 11.1. The summed E-state index contributed by atoms with van der Waals surface area (Å²) in [4.78, 5) is 33.2. The van der Waals surface area contributed by atoms with Gasteiger partial charge in [0.05, 0.1) is 13.2 Å². The third kappa shape index (κ3) is 6.17. The maximum Gasteiger partial charge on any atom is 0.255 e. The van der Waals surface area contributed by atoms with Gasteiger partial charge in [0.2, 0.25) is 5.91 Å². The highest BCUT2D eigenvalue weighted by molar-refractivity contribution is 6.02. The highest BCUT2D eigenvalue weighted by atomic mass is 16.5. The number of aromatic hydroxyl groups is 1. The number of nitrogens with zero attached hydrogens (tertiary/aromatic N) is 3. The molecule has 3 saturated heterocycles. The first-order valence-electron chi connectivity index (χ1n) is 20.9. The monoisotopic (exact) mass is 748 g/mol. The molecule has 1 spiro atoms. The fraction of sp³-hybridized carbons (Fsp3) is 0.417. The third-order valence-electron chi connectivity index (χ3n) is 14.2. The molecule has 0 unspecified atom stereocenters. The number of amides is 2. The molecule has 0 saturated carbocycles. The average molecular weight is 749 g/mol. The molecule has 8 nitrogen and oxygen atoms in total. The Morgan fingerprint density at radius 3 is 2.39 bits per heavy atom. The lowest BCUT2D eigenvalue weighted by Gasteiger charge is -2.41.